The van der Waals surface area contributed by atoms with Crippen LogP contribution < -0.4 is 10.6 Å². The maximum Gasteiger partial charge on any atom is 0.414 e. The Balaban J connectivity index is 2.24. The molecule has 0 heterocycles. The van der Waals surface area contributed by atoms with E-state index in [0.717, 1.165) is 6.07 Å². The van der Waals surface area contributed by atoms with Gasteiger partial charge in [0.25, 0.3) is 0 Å². The van der Waals surface area contributed by atoms with E-state index in [-0.39, 0.29) is 25.1 Å². The van der Waals surface area contributed by atoms with Gasteiger partial charge in [-0.15, -0.1) is 0 Å². The van der Waals surface area contributed by atoms with Crippen molar-refractivity contribution in [3.63, 3.8) is 0 Å². The second kappa shape index (κ2) is 7.92. The number of rotatable bonds is 6. The summed E-state index contributed by atoms with van der Waals surface area (Å²) in [6.07, 6.45) is -7.78. The molecule has 0 aliphatic heterocycles. The fourth-order valence-electron chi connectivity index (χ4n) is 1.58. The molecule has 0 fully saturated rings. The van der Waals surface area contributed by atoms with Crippen LogP contribution in [0.1, 0.15) is 12.0 Å². The van der Waals surface area contributed by atoms with Crippen molar-refractivity contribution in [2.24, 2.45) is 0 Å². The van der Waals surface area contributed by atoms with Gasteiger partial charge in [-0.1, -0.05) is 6.07 Å². The number of aliphatic hydroxyl groups excluding tert-OH is 1. The molecule has 1 aromatic carbocycles. The highest BCUT2D eigenvalue weighted by molar-refractivity contribution is 5.73. The summed E-state index contributed by atoms with van der Waals surface area (Å²) in [5.41, 5.74) is 0.203. The third-order valence-corrected chi connectivity index (χ3v) is 2.78. The van der Waals surface area contributed by atoms with Gasteiger partial charge in [-0.3, -0.25) is 0 Å². The van der Waals surface area contributed by atoms with Crippen LogP contribution >= 0.6 is 0 Å². The standard InChI is InChI=1S/C13H15F5N2O2/c14-9-2-1-8(10(15)7-9)3-5-19-12(22)20-6-4-11(21)13(16,17)18/h1-2,7,11,21H,3-6H2,(H2,19,20,22)/t11-/m1/s1. The molecule has 0 spiro atoms. The molecule has 0 saturated carbocycles. The normalized spacial score (nSPS) is 12.8. The van der Waals surface area contributed by atoms with E-state index >= 15 is 0 Å². The monoisotopic (exact) mass is 326 g/mol. The Morgan fingerprint density at radius 2 is 1.82 bits per heavy atom. The number of carbonyl (C=O) groups excluding carboxylic acids is 1. The molecular weight excluding hydrogens is 311 g/mol. The first kappa shape index (κ1) is 18.1. The van der Waals surface area contributed by atoms with E-state index in [2.05, 4.69) is 10.6 Å². The number of hydrogen-bond acceptors (Lipinski definition) is 2. The molecule has 1 atom stereocenters. The van der Waals surface area contributed by atoms with E-state index in [9.17, 15) is 26.7 Å². The summed E-state index contributed by atoms with van der Waals surface area (Å²) in [5, 5.41) is 13.2. The molecule has 0 radical (unpaired) electrons. The van der Waals surface area contributed by atoms with Crippen LogP contribution in [0.3, 0.4) is 0 Å². The SMILES string of the molecule is O=C(NCCc1ccc(F)cc1F)NCC[C@@H](O)C(F)(F)F. The molecule has 0 aliphatic rings. The van der Waals surface area contributed by atoms with Crippen molar-refractivity contribution < 1.29 is 31.9 Å². The van der Waals surface area contributed by atoms with Gasteiger partial charge in [-0.25, -0.2) is 13.6 Å². The van der Waals surface area contributed by atoms with Gasteiger partial charge in [0, 0.05) is 19.2 Å². The number of halogens is 5. The van der Waals surface area contributed by atoms with E-state index in [1.807, 2.05) is 0 Å². The highest BCUT2D eigenvalue weighted by Crippen LogP contribution is 2.21. The lowest BCUT2D eigenvalue weighted by Crippen LogP contribution is -2.39. The Kier molecular flexibility index (Phi) is 6.54. The zero-order valence-corrected chi connectivity index (χ0v) is 11.4. The first-order chi connectivity index (χ1) is 10.2. The Morgan fingerprint density at radius 3 is 2.41 bits per heavy atom. The predicted octanol–water partition coefficient (Wildman–Crippen LogP) is 2.12. The zero-order valence-electron chi connectivity index (χ0n) is 11.4. The molecule has 0 saturated heterocycles. The largest absolute Gasteiger partial charge is 0.414 e. The average Bonchev–Trinajstić information content (AvgIpc) is 2.40. The number of aliphatic hydroxyl groups is 1. The number of hydrogen-bond donors (Lipinski definition) is 3. The summed E-state index contributed by atoms with van der Waals surface area (Å²) in [6.45, 7) is -0.340. The lowest BCUT2D eigenvalue weighted by Gasteiger charge is -2.14. The molecule has 22 heavy (non-hydrogen) atoms. The smallest absolute Gasteiger partial charge is 0.384 e. The minimum atomic E-state index is -4.72. The minimum Gasteiger partial charge on any atom is -0.384 e. The van der Waals surface area contributed by atoms with Crippen molar-refractivity contribution >= 4 is 6.03 Å². The molecule has 2 amide bonds. The van der Waals surface area contributed by atoms with Crippen LogP contribution in [-0.4, -0.2) is 36.5 Å². The minimum absolute atomic E-state index is 0.0240. The highest BCUT2D eigenvalue weighted by atomic mass is 19.4. The first-order valence-corrected chi connectivity index (χ1v) is 6.40. The molecule has 3 N–H and O–H groups in total. The lowest BCUT2D eigenvalue weighted by molar-refractivity contribution is -0.204. The molecule has 124 valence electrons. The van der Waals surface area contributed by atoms with Gasteiger partial charge in [0.05, 0.1) is 0 Å². The topological polar surface area (TPSA) is 61.4 Å². The zero-order chi connectivity index (χ0) is 16.8. The summed E-state index contributed by atoms with van der Waals surface area (Å²) >= 11 is 0. The van der Waals surface area contributed by atoms with Crippen molar-refractivity contribution in [1.29, 1.82) is 0 Å². The van der Waals surface area contributed by atoms with E-state index in [4.69, 9.17) is 5.11 Å². The van der Waals surface area contributed by atoms with Gasteiger partial charge in [0.2, 0.25) is 0 Å². The number of urea groups is 1. The summed E-state index contributed by atoms with van der Waals surface area (Å²) in [7, 11) is 0. The third kappa shape index (κ3) is 6.25. The van der Waals surface area contributed by atoms with Gasteiger partial charge >= 0.3 is 12.2 Å². The average molecular weight is 326 g/mol. The van der Waals surface area contributed by atoms with Crippen molar-refractivity contribution in [3.8, 4) is 0 Å². The second-order valence-corrected chi connectivity index (χ2v) is 4.51. The fourth-order valence-corrected chi connectivity index (χ4v) is 1.58. The van der Waals surface area contributed by atoms with Crippen LogP contribution in [0.5, 0.6) is 0 Å². The van der Waals surface area contributed by atoms with Crippen LogP contribution in [0.2, 0.25) is 0 Å². The molecule has 4 nitrogen and oxygen atoms in total. The fraction of sp³-hybridized carbons (Fsp3) is 0.462. The van der Waals surface area contributed by atoms with Crippen LogP contribution in [0, 0.1) is 11.6 Å². The highest BCUT2D eigenvalue weighted by Gasteiger charge is 2.37. The van der Waals surface area contributed by atoms with Crippen molar-refractivity contribution in [1.82, 2.24) is 10.6 Å². The molecule has 0 bridgehead atoms. The Bertz CT molecular complexity index is 508. The maximum absolute atomic E-state index is 13.3. The number of alkyl halides is 3. The van der Waals surface area contributed by atoms with Crippen LogP contribution in [0.25, 0.3) is 0 Å². The van der Waals surface area contributed by atoms with E-state index in [1.54, 1.807) is 0 Å². The van der Waals surface area contributed by atoms with Crippen LogP contribution in [0.4, 0.5) is 26.7 Å². The number of benzene rings is 1. The Morgan fingerprint density at radius 1 is 1.18 bits per heavy atom. The molecule has 0 unspecified atom stereocenters. The molecule has 1 aromatic rings. The summed E-state index contributed by atoms with van der Waals surface area (Å²) in [4.78, 5) is 11.3. The predicted molar refractivity (Wildman–Crippen MR) is 68.1 cm³/mol. The van der Waals surface area contributed by atoms with Gasteiger partial charge in [0.1, 0.15) is 11.6 Å². The van der Waals surface area contributed by atoms with Gasteiger partial charge < -0.3 is 15.7 Å². The number of carbonyl (C=O) groups is 1. The lowest BCUT2D eigenvalue weighted by atomic mass is 10.1. The Labute approximate surface area is 123 Å². The molecule has 9 heteroatoms. The van der Waals surface area contributed by atoms with Crippen LogP contribution in [0.15, 0.2) is 18.2 Å². The van der Waals surface area contributed by atoms with Crippen molar-refractivity contribution in [2.45, 2.75) is 25.1 Å². The quantitative estimate of drug-likeness (QED) is 0.701. The van der Waals surface area contributed by atoms with Crippen LogP contribution in [-0.2, 0) is 6.42 Å². The van der Waals surface area contributed by atoms with Crippen molar-refractivity contribution in [3.05, 3.63) is 35.4 Å². The van der Waals surface area contributed by atoms with E-state index < -0.39 is 36.4 Å². The molecular formula is C13H15F5N2O2. The third-order valence-electron chi connectivity index (χ3n) is 2.78. The van der Waals surface area contributed by atoms with Gasteiger partial charge in [0.15, 0.2) is 6.10 Å². The Hall–Kier alpha value is -1.90. The molecule has 1 rings (SSSR count). The van der Waals surface area contributed by atoms with Crippen molar-refractivity contribution in [2.75, 3.05) is 13.1 Å². The molecule has 0 aromatic heterocycles. The summed E-state index contributed by atoms with van der Waals surface area (Å²) in [6, 6.07) is 2.30. The first-order valence-electron chi connectivity index (χ1n) is 6.40. The van der Waals surface area contributed by atoms with Gasteiger partial charge in [-0.2, -0.15) is 13.2 Å². The number of nitrogens with one attached hydrogen (secondary N) is 2. The van der Waals surface area contributed by atoms with Gasteiger partial charge in [-0.05, 0) is 24.5 Å². The maximum atomic E-state index is 13.3. The number of amides is 2. The van der Waals surface area contributed by atoms with E-state index in [0.29, 0.717) is 6.07 Å². The van der Waals surface area contributed by atoms with E-state index in [1.165, 1.54) is 6.07 Å². The molecule has 0 aliphatic carbocycles. The summed E-state index contributed by atoms with van der Waals surface area (Å²) < 4.78 is 61.9. The second-order valence-electron chi connectivity index (χ2n) is 4.51. The summed E-state index contributed by atoms with van der Waals surface area (Å²) in [5.74, 6) is -1.45.